The van der Waals surface area contributed by atoms with Crippen LogP contribution in [-0.2, 0) is 26.5 Å². The number of para-hydroxylation sites is 4. The first kappa shape index (κ1) is 51.6. The first-order chi connectivity index (χ1) is 40.6. The van der Waals surface area contributed by atoms with E-state index >= 15 is 0 Å². The molecule has 1 aliphatic heterocycles. The van der Waals surface area contributed by atoms with E-state index in [4.69, 9.17) is 9.72 Å². The number of aromatic nitrogens is 2. The van der Waals surface area contributed by atoms with Gasteiger partial charge in [0, 0.05) is 77.9 Å². The number of hydrogen-bond acceptors (Lipinski definition) is 4. The molecule has 0 saturated heterocycles. The van der Waals surface area contributed by atoms with Gasteiger partial charge >= 0.3 is 0 Å². The maximum absolute atomic E-state index is 7.26. The van der Waals surface area contributed by atoms with E-state index in [-0.39, 0.29) is 26.5 Å². The van der Waals surface area contributed by atoms with Crippen LogP contribution >= 0.6 is 0 Å². The average Bonchev–Trinajstić information content (AvgIpc) is 3.16. The van der Waals surface area contributed by atoms with Crippen LogP contribution in [-0.4, -0.2) is 9.55 Å². The summed E-state index contributed by atoms with van der Waals surface area (Å²) in [6.07, 6.45) is 6.59. The topological polar surface area (TPSA) is 33.5 Å². The summed E-state index contributed by atoms with van der Waals surface area (Å²) < 4.78 is 9.53. The summed E-state index contributed by atoms with van der Waals surface area (Å²) in [7, 11) is 0. The van der Waals surface area contributed by atoms with Crippen LogP contribution in [0.25, 0.3) is 83.3 Å². The number of ether oxygens (including phenoxy) is 1. The molecule has 13 aromatic rings. The van der Waals surface area contributed by atoms with Gasteiger partial charge in [-0.3, -0.25) is 0 Å². The van der Waals surface area contributed by atoms with Gasteiger partial charge in [0.15, 0.2) is 0 Å². The van der Waals surface area contributed by atoms with Crippen molar-refractivity contribution >= 4 is 44.6 Å². The van der Waals surface area contributed by atoms with Crippen LogP contribution in [0, 0.1) is 18.8 Å². The van der Waals surface area contributed by atoms with Gasteiger partial charge < -0.3 is 19.1 Å². The Hall–Kier alpha value is -9.54. The summed E-state index contributed by atoms with van der Waals surface area (Å²) in [5, 5.41) is 2.20. The van der Waals surface area contributed by atoms with Gasteiger partial charge in [0.2, 0.25) is 0 Å². The Morgan fingerprint density at radius 2 is 0.952 bits per heavy atom. The molecule has 15 rings (SSSR count). The molecule has 402 valence electrons. The van der Waals surface area contributed by atoms with Gasteiger partial charge in [-0.05, 0) is 98.6 Å². The Labute approximate surface area is 499 Å². The van der Waals surface area contributed by atoms with Crippen LogP contribution < -0.4 is 14.5 Å². The molecule has 2 aromatic heterocycles. The summed E-state index contributed by atoms with van der Waals surface area (Å²) in [4.78, 5) is 9.76. The predicted molar refractivity (Wildman–Crippen MR) is 337 cm³/mol. The predicted octanol–water partition coefficient (Wildman–Crippen LogP) is 20.2. The summed E-state index contributed by atoms with van der Waals surface area (Å²) in [6, 6.07) is 105. The number of benzene rings is 11. The normalized spacial score (nSPS) is 13.5. The van der Waals surface area contributed by atoms with E-state index in [2.05, 4.69) is 300 Å². The second-order valence-corrected chi connectivity index (χ2v) is 21.5. The zero-order valence-electron chi connectivity index (χ0n) is 45.5. The molecular weight excluding hydrogens is 1190 g/mol. The molecule has 0 unspecified atom stereocenters. The molecule has 0 amide bonds. The van der Waals surface area contributed by atoms with Crippen LogP contribution in [0.3, 0.4) is 0 Å². The first-order valence-corrected chi connectivity index (χ1v) is 28.4. The Kier molecular flexibility index (Phi) is 13.7. The quantitative estimate of drug-likeness (QED) is 0.114. The van der Waals surface area contributed by atoms with Crippen molar-refractivity contribution in [1.82, 2.24) is 9.55 Å². The van der Waals surface area contributed by atoms with E-state index in [0.717, 1.165) is 119 Å². The number of anilines is 4. The molecule has 1 aliphatic carbocycles. The zero-order chi connectivity index (χ0) is 54.4. The van der Waals surface area contributed by atoms with Crippen molar-refractivity contribution < 1.29 is 25.8 Å². The number of fused-ring (bicyclic) bond motifs is 4. The van der Waals surface area contributed by atoms with E-state index in [9.17, 15) is 0 Å². The van der Waals surface area contributed by atoms with Gasteiger partial charge in [0.25, 0.3) is 0 Å². The molecule has 2 aliphatic rings. The van der Waals surface area contributed by atoms with Crippen molar-refractivity contribution in [2.45, 2.75) is 31.1 Å². The van der Waals surface area contributed by atoms with Crippen LogP contribution in [0.1, 0.15) is 36.8 Å². The smallest absolute Gasteiger partial charge is 0.135 e. The van der Waals surface area contributed by atoms with Crippen LogP contribution in [0.4, 0.5) is 22.7 Å². The maximum Gasteiger partial charge on any atom is 0.135 e. The molecule has 0 spiro atoms. The molecule has 1 fully saturated rings. The SMILES string of the molecule is [Pt].[c-]1c(Oc2[c-]c3c(cc2)c2ccccc2n3-c2cc(C3(c4ccccc4)CCCC3)ccn2)cc(-c2c(-c3ccccc3)cccc2-c2ccccc2)cc1N1[CH-]N(c2c(-c3ccccc3)cccc2-c2ccccc2)c2ccccc21. The van der Waals surface area contributed by atoms with Crippen LogP contribution in [0.5, 0.6) is 11.5 Å². The number of hydrogen-bond donors (Lipinski definition) is 0. The first-order valence-electron chi connectivity index (χ1n) is 28.4. The van der Waals surface area contributed by atoms with Gasteiger partial charge in [-0.2, -0.15) is 6.07 Å². The van der Waals surface area contributed by atoms with Crippen molar-refractivity contribution in [3.63, 3.8) is 0 Å². The monoisotopic (exact) mass is 1250 g/mol. The molecule has 5 nitrogen and oxygen atoms in total. The average molecular weight is 1250 g/mol. The van der Waals surface area contributed by atoms with Crippen LogP contribution in [0.15, 0.2) is 279 Å². The van der Waals surface area contributed by atoms with Crippen molar-refractivity contribution in [2.75, 3.05) is 9.80 Å². The van der Waals surface area contributed by atoms with E-state index < -0.39 is 0 Å². The van der Waals surface area contributed by atoms with E-state index in [1.165, 1.54) is 24.0 Å². The third-order valence-electron chi connectivity index (χ3n) is 16.8. The van der Waals surface area contributed by atoms with Gasteiger partial charge in [-0.1, -0.05) is 237 Å². The molecule has 3 heterocycles. The molecular formula is C77H55N4OPt-3. The maximum atomic E-state index is 7.26. The molecule has 0 bridgehead atoms. The van der Waals surface area contributed by atoms with Crippen molar-refractivity contribution in [3.8, 4) is 73.0 Å². The summed E-state index contributed by atoms with van der Waals surface area (Å²) in [5.41, 5.74) is 19.6. The van der Waals surface area contributed by atoms with Gasteiger partial charge in [-0.25, -0.2) is 4.98 Å². The van der Waals surface area contributed by atoms with E-state index in [1.54, 1.807) is 0 Å². The van der Waals surface area contributed by atoms with E-state index in [0.29, 0.717) is 11.5 Å². The fraction of sp³-hybridized carbons (Fsp3) is 0.0649. The Morgan fingerprint density at radius 3 is 1.57 bits per heavy atom. The van der Waals surface area contributed by atoms with Crippen molar-refractivity contribution in [1.29, 1.82) is 0 Å². The minimum absolute atomic E-state index is 0. The number of nitrogens with zero attached hydrogens (tertiary/aromatic N) is 4. The summed E-state index contributed by atoms with van der Waals surface area (Å²) in [5.74, 6) is 1.98. The van der Waals surface area contributed by atoms with Crippen LogP contribution in [0.2, 0.25) is 0 Å². The molecule has 0 atom stereocenters. The zero-order valence-corrected chi connectivity index (χ0v) is 47.7. The second-order valence-electron chi connectivity index (χ2n) is 21.5. The molecule has 0 radical (unpaired) electrons. The van der Waals surface area contributed by atoms with Gasteiger partial charge in [0.1, 0.15) is 5.82 Å². The standard InChI is InChI=1S/C77H55N4O.Pt/c1-6-24-54(25-7-1)64-35-22-36-65(55-26-8-2-9-27-55)75(64)58-48-61(79-53-80(72-41-19-18-40-71(72)79)76-66(56-28-10-3-11-29-56)37-23-38-67(76)57-30-12-4-13-31-57)51-63(49-58)82-62-42-43-69-68-34-16-17-39-70(68)81(73(69)52-62)74-50-60(44-47-78-74)77(45-20-21-46-77)59-32-14-5-15-33-59;/h1-19,22-44,47-50,53H,20-21,45-46H2;/q-3;. The largest absolute Gasteiger partial charge is 0.509 e. The van der Waals surface area contributed by atoms with E-state index in [1.807, 2.05) is 12.3 Å². The van der Waals surface area contributed by atoms with Crippen molar-refractivity contribution in [3.05, 3.63) is 309 Å². The Balaban J connectivity index is 0.00000614. The third-order valence-corrected chi connectivity index (χ3v) is 16.8. The Morgan fingerprint density at radius 1 is 0.422 bits per heavy atom. The van der Waals surface area contributed by atoms with Crippen molar-refractivity contribution in [2.24, 2.45) is 0 Å². The number of pyridine rings is 1. The Bertz CT molecular complexity index is 4350. The van der Waals surface area contributed by atoms with Gasteiger partial charge in [0.05, 0.1) is 0 Å². The third kappa shape index (κ3) is 9.32. The fourth-order valence-electron chi connectivity index (χ4n) is 13.0. The minimum atomic E-state index is -0.0759. The number of rotatable bonds is 12. The summed E-state index contributed by atoms with van der Waals surface area (Å²) in [6.45, 7) is 2.23. The summed E-state index contributed by atoms with van der Waals surface area (Å²) >= 11 is 0. The molecule has 1 saturated carbocycles. The molecule has 11 aromatic carbocycles. The van der Waals surface area contributed by atoms with Gasteiger partial charge in [-0.15, -0.1) is 53.6 Å². The molecule has 0 N–H and O–H groups in total. The second kappa shape index (κ2) is 22.1. The molecule has 83 heavy (non-hydrogen) atoms. The fourth-order valence-corrected chi connectivity index (χ4v) is 13.0. The molecule has 6 heteroatoms. The minimum Gasteiger partial charge on any atom is -0.509 e.